The quantitative estimate of drug-likeness (QED) is 0.501. The van der Waals surface area contributed by atoms with Crippen molar-refractivity contribution in [2.24, 2.45) is 0 Å². The molecule has 4 heteroatoms. The maximum Gasteiger partial charge on any atom is 0.226 e. The Kier molecular flexibility index (Phi) is 2.77. The van der Waals surface area contributed by atoms with Gasteiger partial charge in [0, 0.05) is 0 Å². The Labute approximate surface area is 62.0 Å². The highest BCUT2D eigenvalue weighted by atomic mass is 35.6. The highest BCUT2D eigenvalue weighted by Gasteiger charge is 2.21. The van der Waals surface area contributed by atoms with Crippen LogP contribution >= 0.6 is 46.4 Å². The first-order chi connectivity index (χ1) is 2.94. The molecule has 0 amide bonds. The largest absolute Gasteiger partial charge is 0.226 e. The summed E-state index contributed by atoms with van der Waals surface area (Å²) in [7, 11) is 0. The molecule has 0 fully saturated rings. The summed E-state index contributed by atoms with van der Waals surface area (Å²) in [4.78, 5) is 0. The monoisotopic (exact) mass is 177 g/mol. The fraction of sp³-hybridized carbons (Fsp3) is 0.333. The SMILES string of the molecule is [CH]=C(Cl)C(Cl)(Cl)Cl. The van der Waals surface area contributed by atoms with E-state index in [0.29, 0.717) is 0 Å². The maximum atomic E-state index is 5.10. The van der Waals surface area contributed by atoms with E-state index < -0.39 is 3.79 Å². The average Bonchev–Trinajstić information content (AvgIpc) is 1.31. The van der Waals surface area contributed by atoms with Crippen LogP contribution in [0, 0.1) is 6.58 Å². The molecule has 0 atom stereocenters. The van der Waals surface area contributed by atoms with Crippen molar-refractivity contribution < 1.29 is 0 Å². The molecule has 41 valence electrons. The van der Waals surface area contributed by atoms with E-state index in [2.05, 4.69) is 0 Å². The normalized spacial score (nSPS) is 11.4. The first-order valence-electron chi connectivity index (χ1n) is 1.29. The molecule has 0 spiro atoms. The standard InChI is InChI=1S/C3HCl4/c1-2(4)3(5,6)7/h1H. The lowest BCUT2D eigenvalue weighted by Gasteiger charge is -2.04. The predicted molar refractivity (Wildman–Crippen MR) is 34.0 cm³/mol. The second-order valence-electron chi connectivity index (χ2n) is 0.846. The summed E-state index contributed by atoms with van der Waals surface area (Å²) in [5.41, 5.74) is 0. The van der Waals surface area contributed by atoms with Gasteiger partial charge in [0.2, 0.25) is 3.79 Å². The van der Waals surface area contributed by atoms with Gasteiger partial charge >= 0.3 is 0 Å². The zero-order chi connectivity index (χ0) is 6.08. The van der Waals surface area contributed by atoms with Crippen LogP contribution in [0.15, 0.2) is 5.03 Å². The van der Waals surface area contributed by atoms with Crippen molar-refractivity contribution in [1.29, 1.82) is 0 Å². The summed E-state index contributed by atoms with van der Waals surface area (Å²) in [6.45, 7) is 4.86. The molecule has 1 radical (unpaired) electrons. The molecule has 0 saturated carbocycles. The number of rotatable bonds is 0. The molecule has 0 N–H and O–H groups in total. The van der Waals surface area contributed by atoms with Crippen molar-refractivity contribution in [1.82, 2.24) is 0 Å². The second-order valence-corrected chi connectivity index (χ2v) is 3.53. The summed E-state index contributed by atoms with van der Waals surface area (Å²) in [5.74, 6) is 0. The van der Waals surface area contributed by atoms with Gasteiger partial charge in [0.25, 0.3) is 0 Å². The zero-order valence-corrected chi connectivity index (χ0v) is 6.11. The van der Waals surface area contributed by atoms with Crippen molar-refractivity contribution >= 4 is 46.4 Å². The highest BCUT2D eigenvalue weighted by Crippen LogP contribution is 2.35. The summed E-state index contributed by atoms with van der Waals surface area (Å²) in [5, 5.41) is -0.238. The molecule has 0 aliphatic rings. The van der Waals surface area contributed by atoms with E-state index in [1.807, 2.05) is 0 Å². The smallest absolute Gasteiger partial charge is 0.0845 e. The molecule has 0 aromatic rings. The van der Waals surface area contributed by atoms with Crippen molar-refractivity contribution in [3.05, 3.63) is 11.6 Å². The van der Waals surface area contributed by atoms with Gasteiger partial charge in [-0.15, -0.1) is 0 Å². The summed E-state index contributed by atoms with van der Waals surface area (Å²) in [6, 6.07) is 0. The third-order valence-corrected chi connectivity index (χ3v) is 1.46. The minimum absolute atomic E-state index is 0.238. The minimum atomic E-state index is -1.62. The van der Waals surface area contributed by atoms with Crippen LogP contribution in [0.3, 0.4) is 0 Å². The Bertz CT molecular complexity index is 79.4. The zero-order valence-electron chi connectivity index (χ0n) is 3.09. The Balaban J connectivity index is 3.79. The van der Waals surface area contributed by atoms with E-state index in [4.69, 9.17) is 53.0 Å². The second kappa shape index (κ2) is 2.45. The first-order valence-corrected chi connectivity index (χ1v) is 2.81. The summed E-state index contributed by atoms with van der Waals surface area (Å²) in [6.07, 6.45) is 0. The van der Waals surface area contributed by atoms with Crippen LogP contribution < -0.4 is 0 Å². The molecule has 0 aromatic heterocycles. The van der Waals surface area contributed by atoms with E-state index in [1.54, 1.807) is 0 Å². The number of allylic oxidation sites excluding steroid dienone is 1. The molecular weight excluding hydrogens is 178 g/mol. The molecule has 0 bridgehead atoms. The van der Waals surface area contributed by atoms with Crippen LogP contribution in [-0.4, -0.2) is 3.79 Å². The van der Waals surface area contributed by atoms with Crippen LogP contribution in [0.4, 0.5) is 0 Å². The number of hydrogen-bond donors (Lipinski definition) is 0. The van der Waals surface area contributed by atoms with Gasteiger partial charge in [-0.3, -0.25) is 0 Å². The lowest BCUT2D eigenvalue weighted by molar-refractivity contribution is 1.42. The van der Waals surface area contributed by atoms with Gasteiger partial charge < -0.3 is 0 Å². The summed E-state index contributed by atoms with van der Waals surface area (Å²) < 4.78 is -1.62. The minimum Gasteiger partial charge on any atom is -0.0845 e. The van der Waals surface area contributed by atoms with Gasteiger partial charge in [0.1, 0.15) is 0 Å². The molecule has 0 rings (SSSR count). The lowest BCUT2D eigenvalue weighted by Crippen LogP contribution is -1.98. The fourth-order valence-corrected chi connectivity index (χ4v) is 0. The van der Waals surface area contributed by atoms with Crippen molar-refractivity contribution in [3.8, 4) is 0 Å². The first kappa shape index (κ1) is 7.90. The lowest BCUT2D eigenvalue weighted by atomic mass is 10.7. The molecule has 0 aromatic carbocycles. The van der Waals surface area contributed by atoms with Crippen LogP contribution in [0.2, 0.25) is 0 Å². The van der Waals surface area contributed by atoms with E-state index in [1.165, 1.54) is 0 Å². The van der Waals surface area contributed by atoms with Crippen LogP contribution in [-0.2, 0) is 0 Å². The topological polar surface area (TPSA) is 0 Å². The third kappa shape index (κ3) is 3.48. The fourth-order valence-electron chi connectivity index (χ4n) is 0. The molecule has 0 unspecified atom stereocenters. The molecule has 7 heavy (non-hydrogen) atoms. The Morgan fingerprint density at radius 1 is 1.29 bits per heavy atom. The summed E-state index contributed by atoms with van der Waals surface area (Å²) >= 11 is 20.4. The van der Waals surface area contributed by atoms with Crippen molar-refractivity contribution in [2.75, 3.05) is 0 Å². The Morgan fingerprint density at radius 3 is 1.43 bits per heavy atom. The third-order valence-electron chi connectivity index (χ3n) is 0.271. The van der Waals surface area contributed by atoms with Crippen molar-refractivity contribution in [3.63, 3.8) is 0 Å². The van der Waals surface area contributed by atoms with E-state index in [9.17, 15) is 0 Å². The maximum absolute atomic E-state index is 5.10. The van der Waals surface area contributed by atoms with Gasteiger partial charge in [0.15, 0.2) is 0 Å². The molecule has 0 saturated heterocycles. The predicted octanol–water partition coefficient (Wildman–Crippen LogP) is 2.91. The Morgan fingerprint density at radius 2 is 1.43 bits per heavy atom. The van der Waals surface area contributed by atoms with Crippen LogP contribution in [0.5, 0.6) is 0 Å². The van der Waals surface area contributed by atoms with E-state index in [0.717, 1.165) is 0 Å². The van der Waals surface area contributed by atoms with Gasteiger partial charge in [0.05, 0.1) is 5.03 Å². The number of alkyl halides is 3. The molecular formula is C3HCl4. The van der Waals surface area contributed by atoms with Gasteiger partial charge in [-0.05, 0) is 6.58 Å². The molecule has 0 nitrogen and oxygen atoms in total. The van der Waals surface area contributed by atoms with E-state index in [-0.39, 0.29) is 5.03 Å². The average molecular weight is 179 g/mol. The molecule has 0 aliphatic carbocycles. The molecule has 0 heterocycles. The van der Waals surface area contributed by atoms with Crippen LogP contribution in [0.25, 0.3) is 0 Å². The van der Waals surface area contributed by atoms with Gasteiger partial charge in [-0.1, -0.05) is 46.4 Å². The highest BCUT2D eigenvalue weighted by molar-refractivity contribution is 6.72. The van der Waals surface area contributed by atoms with Gasteiger partial charge in [-0.2, -0.15) is 0 Å². The number of hydrogen-bond acceptors (Lipinski definition) is 0. The number of halogens is 4. The van der Waals surface area contributed by atoms with Gasteiger partial charge in [-0.25, -0.2) is 0 Å². The van der Waals surface area contributed by atoms with E-state index >= 15 is 0 Å². The molecule has 0 aliphatic heterocycles. The Hall–Kier alpha value is 0.900. The van der Waals surface area contributed by atoms with Crippen LogP contribution in [0.1, 0.15) is 0 Å². The van der Waals surface area contributed by atoms with Crippen molar-refractivity contribution in [2.45, 2.75) is 3.79 Å².